The van der Waals surface area contributed by atoms with Crippen molar-refractivity contribution in [2.75, 3.05) is 5.32 Å². The lowest BCUT2D eigenvalue weighted by molar-refractivity contribution is -0.385. The molecule has 0 spiro atoms. The molecule has 0 bridgehead atoms. The van der Waals surface area contributed by atoms with Crippen LogP contribution in [0.25, 0.3) is 0 Å². The fourth-order valence-electron chi connectivity index (χ4n) is 3.90. The number of nitriles is 1. The van der Waals surface area contributed by atoms with Gasteiger partial charge in [-0.3, -0.25) is 20.2 Å². The number of fused-ring (bicyclic) bond motifs is 1. The number of nitro groups is 1. The van der Waals surface area contributed by atoms with Crippen molar-refractivity contribution in [1.29, 1.82) is 5.26 Å². The van der Waals surface area contributed by atoms with Crippen molar-refractivity contribution in [1.82, 2.24) is 5.32 Å². The van der Waals surface area contributed by atoms with E-state index in [0.29, 0.717) is 16.5 Å². The quantitative estimate of drug-likeness (QED) is 0.377. The van der Waals surface area contributed by atoms with Crippen molar-refractivity contribution in [3.8, 4) is 6.07 Å². The lowest BCUT2D eigenvalue weighted by Crippen LogP contribution is -2.34. The number of amides is 1. The highest BCUT2D eigenvalue weighted by Gasteiger charge is 2.32. The normalized spacial score (nSPS) is 15.5. The van der Waals surface area contributed by atoms with E-state index in [9.17, 15) is 20.2 Å². The van der Waals surface area contributed by atoms with E-state index < -0.39 is 10.8 Å². The number of hydrogen-bond acceptors (Lipinski definition) is 6. The second-order valence-corrected chi connectivity index (χ2v) is 10.3. The molecule has 1 heterocycles. The summed E-state index contributed by atoms with van der Waals surface area (Å²) in [5.41, 5.74) is 2.16. The number of anilines is 1. The van der Waals surface area contributed by atoms with Gasteiger partial charge in [0, 0.05) is 22.1 Å². The number of carbonyl (C=O) groups is 1. The number of hydrogen-bond donors (Lipinski definition) is 2. The Balaban J connectivity index is 1.77. The molecule has 1 aliphatic rings. The summed E-state index contributed by atoms with van der Waals surface area (Å²) in [5.74, 6) is 0.00728. The average Bonchev–Trinajstić information content (AvgIpc) is 3.02. The summed E-state index contributed by atoms with van der Waals surface area (Å²) < 4.78 is 0. The van der Waals surface area contributed by atoms with E-state index >= 15 is 0 Å². The van der Waals surface area contributed by atoms with Gasteiger partial charge in [0.05, 0.1) is 10.5 Å². The highest BCUT2D eigenvalue weighted by atomic mass is 32.1. The molecular formula is C22H24N4O3S2. The van der Waals surface area contributed by atoms with Crippen LogP contribution in [0.5, 0.6) is 0 Å². The summed E-state index contributed by atoms with van der Waals surface area (Å²) >= 11 is 6.80. The van der Waals surface area contributed by atoms with Crippen molar-refractivity contribution >= 4 is 45.3 Å². The molecule has 1 atom stereocenters. The summed E-state index contributed by atoms with van der Waals surface area (Å²) in [4.78, 5) is 24.4. The van der Waals surface area contributed by atoms with Crippen molar-refractivity contribution in [3.05, 3.63) is 55.4 Å². The van der Waals surface area contributed by atoms with Crippen LogP contribution in [0.2, 0.25) is 0 Å². The van der Waals surface area contributed by atoms with E-state index in [-0.39, 0.29) is 27.3 Å². The zero-order valence-electron chi connectivity index (χ0n) is 17.9. The molecule has 1 aromatic carbocycles. The Morgan fingerprint density at radius 3 is 2.71 bits per heavy atom. The van der Waals surface area contributed by atoms with E-state index in [1.54, 1.807) is 0 Å². The van der Waals surface area contributed by atoms with Gasteiger partial charge in [-0.05, 0) is 61.4 Å². The first kappa shape index (κ1) is 22.8. The molecule has 1 amide bonds. The van der Waals surface area contributed by atoms with Gasteiger partial charge in [0.2, 0.25) is 0 Å². The molecule has 2 aromatic rings. The molecule has 3 rings (SSSR count). The number of nitrogens with one attached hydrogen (secondary N) is 2. The van der Waals surface area contributed by atoms with E-state index in [2.05, 4.69) is 37.5 Å². The predicted octanol–water partition coefficient (Wildman–Crippen LogP) is 5.11. The first-order chi connectivity index (χ1) is 14.5. The van der Waals surface area contributed by atoms with Crippen LogP contribution in [0.3, 0.4) is 0 Å². The largest absolute Gasteiger partial charge is 0.323 e. The van der Waals surface area contributed by atoms with Crippen LogP contribution in [0.4, 0.5) is 10.7 Å². The van der Waals surface area contributed by atoms with Crippen LogP contribution in [-0.4, -0.2) is 15.9 Å². The highest BCUT2D eigenvalue weighted by Crippen LogP contribution is 2.43. The van der Waals surface area contributed by atoms with Gasteiger partial charge < -0.3 is 5.32 Å². The molecule has 0 radical (unpaired) electrons. The topological polar surface area (TPSA) is 108 Å². The molecule has 0 unspecified atom stereocenters. The minimum absolute atomic E-state index is 0.0541. The third-order valence-electron chi connectivity index (χ3n) is 5.80. The number of carbonyl (C=O) groups excluding carboxylic acids is 1. The van der Waals surface area contributed by atoms with Crippen molar-refractivity contribution < 1.29 is 9.72 Å². The third kappa shape index (κ3) is 4.75. The van der Waals surface area contributed by atoms with Crippen molar-refractivity contribution in [2.45, 2.75) is 47.0 Å². The fraction of sp³-hybridized carbons (Fsp3) is 0.409. The fourth-order valence-corrected chi connectivity index (χ4v) is 5.45. The maximum absolute atomic E-state index is 12.6. The molecule has 1 aromatic heterocycles. The van der Waals surface area contributed by atoms with Gasteiger partial charge in [-0.1, -0.05) is 26.8 Å². The molecule has 31 heavy (non-hydrogen) atoms. The number of rotatable bonds is 3. The van der Waals surface area contributed by atoms with Crippen molar-refractivity contribution in [2.24, 2.45) is 11.3 Å². The Morgan fingerprint density at radius 1 is 1.39 bits per heavy atom. The zero-order chi connectivity index (χ0) is 22.9. The summed E-state index contributed by atoms with van der Waals surface area (Å²) in [6, 6.07) is 6.60. The second-order valence-electron chi connectivity index (χ2n) is 8.74. The SMILES string of the molecule is Cc1c(C(=O)NC(=S)Nc2sc3c(c2C#N)CC[C@H](C(C)(C)C)C3)cccc1[N+](=O)[O-]. The van der Waals surface area contributed by atoms with Gasteiger partial charge in [0.15, 0.2) is 5.11 Å². The molecule has 9 heteroatoms. The van der Waals surface area contributed by atoms with Crippen LogP contribution in [0.1, 0.15) is 59.1 Å². The summed E-state index contributed by atoms with van der Waals surface area (Å²) in [6.07, 6.45) is 2.81. The Bertz CT molecular complexity index is 1110. The van der Waals surface area contributed by atoms with Gasteiger partial charge in [0.25, 0.3) is 11.6 Å². The summed E-state index contributed by atoms with van der Waals surface area (Å²) in [5, 5.41) is 27.1. The third-order valence-corrected chi connectivity index (χ3v) is 7.18. The molecule has 2 N–H and O–H groups in total. The van der Waals surface area contributed by atoms with Crippen LogP contribution < -0.4 is 10.6 Å². The maximum atomic E-state index is 12.6. The number of nitro benzene ring substituents is 1. The van der Waals surface area contributed by atoms with Gasteiger partial charge in [-0.2, -0.15) is 5.26 Å². The van der Waals surface area contributed by atoms with Gasteiger partial charge >= 0.3 is 0 Å². The lowest BCUT2D eigenvalue weighted by Gasteiger charge is -2.33. The zero-order valence-corrected chi connectivity index (χ0v) is 19.5. The van der Waals surface area contributed by atoms with Crippen LogP contribution >= 0.6 is 23.6 Å². The smallest absolute Gasteiger partial charge is 0.273 e. The molecule has 0 saturated heterocycles. The Kier molecular flexibility index (Phi) is 6.43. The highest BCUT2D eigenvalue weighted by molar-refractivity contribution is 7.80. The minimum atomic E-state index is -0.536. The summed E-state index contributed by atoms with van der Waals surface area (Å²) in [7, 11) is 0. The Hall–Kier alpha value is -2.83. The maximum Gasteiger partial charge on any atom is 0.273 e. The number of thiocarbonyl (C=S) groups is 1. The molecule has 0 aliphatic heterocycles. The molecule has 0 saturated carbocycles. The number of benzene rings is 1. The second kappa shape index (κ2) is 8.73. The van der Waals surface area contributed by atoms with Crippen molar-refractivity contribution in [3.63, 3.8) is 0 Å². The molecule has 0 fully saturated rings. The molecule has 1 aliphatic carbocycles. The standard InChI is InChI=1S/C22H24N4O3S2/c1-12-14(6-5-7-17(12)26(28)29)19(27)24-21(30)25-20-16(11-23)15-9-8-13(22(2,3)4)10-18(15)31-20/h5-7,13H,8-10H2,1-4H3,(H2,24,25,27,30)/t13-/m0/s1. The Morgan fingerprint density at radius 2 is 2.10 bits per heavy atom. The summed E-state index contributed by atoms with van der Waals surface area (Å²) in [6.45, 7) is 8.24. The monoisotopic (exact) mass is 456 g/mol. The van der Waals surface area contributed by atoms with Gasteiger partial charge in [-0.25, -0.2) is 0 Å². The van der Waals surface area contributed by atoms with E-state index in [1.165, 1.54) is 41.3 Å². The lowest BCUT2D eigenvalue weighted by atomic mass is 9.72. The first-order valence-corrected chi connectivity index (χ1v) is 11.2. The number of nitrogens with zero attached hydrogens (tertiary/aromatic N) is 2. The van der Waals surface area contributed by atoms with Gasteiger partial charge in [0.1, 0.15) is 11.1 Å². The first-order valence-electron chi connectivity index (χ1n) is 9.94. The Labute approximate surface area is 190 Å². The number of thiophene rings is 1. The molecular weight excluding hydrogens is 432 g/mol. The van der Waals surface area contributed by atoms with Gasteiger partial charge in [-0.15, -0.1) is 11.3 Å². The molecule has 7 nitrogen and oxygen atoms in total. The van der Waals surface area contributed by atoms with Crippen LogP contribution in [0, 0.1) is 39.7 Å². The van der Waals surface area contributed by atoms with Crippen LogP contribution in [-0.2, 0) is 12.8 Å². The molecule has 162 valence electrons. The van der Waals surface area contributed by atoms with E-state index in [1.807, 2.05) is 0 Å². The van der Waals surface area contributed by atoms with E-state index in [0.717, 1.165) is 24.8 Å². The minimum Gasteiger partial charge on any atom is -0.323 e. The van der Waals surface area contributed by atoms with Crippen LogP contribution in [0.15, 0.2) is 18.2 Å². The predicted molar refractivity (Wildman–Crippen MR) is 126 cm³/mol. The average molecular weight is 457 g/mol. The van der Waals surface area contributed by atoms with E-state index in [4.69, 9.17) is 12.2 Å².